The molecule has 39 heavy (non-hydrogen) atoms. The van der Waals surface area contributed by atoms with Crippen molar-refractivity contribution < 1.29 is 23.9 Å². The van der Waals surface area contributed by atoms with Crippen molar-refractivity contribution in [2.24, 2.45) is 16.8 Å². The molecule has 11 heteroatoms. The highest BCUT2D eigenvalue weighted by Gasteiger charge is 2.38. The maximum Gasteiger partial charge on any atom is 0.413 e. The molecule has 1 saturated carbocycles. The van der Waals surface area contributed by atoms with Crippen LogP contribution in [0.1, 0.15) is 78.1 Å². The summed E-state index contributed by atoms with van der Waals surface area (Å²) in [6.45, 7) is 6.35. The predicted octanol–water partition coefficient (Wildman–Crippen LogP) is 2.81. The molecule has 2 atom stereocenters. The number of carbonyl (C=O) groups excluding carboxylic acids is 3. The van der Waals surface area contributed by atoms with E-state index in [1.807, 2.05) is 11.9 Å². The number of nitriles is 1. The third-order valence-electron chi connectivity index (χ3n) is 8.11. The van der Waals surface area contributed by atoms with Crippen LogP contribution in [0.15, 0.2) is 4.99 Å². The summed E-state index contributed by atoms with van der Waals surface area (Å²) < 4.78 is 10.4. The first-order valence-corrected chi connectivity index (χ1v) is 14.6. The molecule has 2 unspecified atom stereocenters. The van der Waals surface area contributed by atoms with E-state index in [1.54, 1.807) is 13.8 Å². The lowest BCUT2D eigenvalue weighted by atomic mass is 9.84. The van der Waals surface area contributed by atoms with Gasteiger partial charge in [0.05, 0.1) is 25.2 Å². The fourth-order valence-corrected chi connectivity index (χ4v) is 5.76. The van der Waals surface area contributed by atoms with Crippen LogP contribution in [0.25, 0.3) is 0 Å². The summed E-state index contributed by atoms with van der Waals surface area (Å²) in [6, 6.07) is 1.58. The second-order valence-electron chi connectivity index (χ2n) is 11.1. The van der Waals surface area contributed by atoms with Crippen molar-refractivity contribution in [3.8, 4) is 6.07 Å². The number of carbonyl (C=O) groups is 3. The van der Waals surface area contributed by atoms with E-state index >= 15 is 0 Å². The number of alkyl carbamates (subject to hydrolysis) is 1. The summed E-state index contributed by atoms with van der Waals surface area (Å²) in [4.78, 5) is 47.7. The third-order valence-corrected chi connectivity index (χ3v) is 8.11. The molecule has 3 aliphatic rings. The number of likely N-dealkylation sites (tertiary alicyclic amines) is 2. The number of esters is 1. The molecule has 0 spiro atoms. The molecule has 0 aromatic rings. The average molecular weight is 547 g/mol. The van der Waals surface area contributed by atoms with Crippen molar-refractivity contribution in [1.29, 1.82) is 5.26 Å². The zero-order valence-corrected chi connectivity index (χ0v) is 23.9. The molecule has 218 valence electrons. The van der Waals surface area contributed by atoms with Crippen LogP contribution >= 0.6 is 0 Å². The number of piperidine rings is 2. The molecule has 2 N–H and O–H groups in total. The molecule has 11 nitrogen and oxygen atoms in total. The summed E-state index contributed by atoms with van der Waals surface area (Å²) in [7, 11) is 2.01. The molecule has 0 bridgehead atoms. The number of hydrogen-bond donors (Lipinski definition) is 2. The van der Waals surface area contributed by atoms with Crippen molar-refractivity contribution in [2.75, 3.05) is 46.4 Å². The van der Waals surface area contributed by atoms with Crippen LogP contribution in [0.4, 0.5) is 4.79 Å². The monoisotopic (exact) mass is 546 g/mol. The number of nitrogens with zero attached hydrogens (tertiary/aromatic N) is 4. The normalized spacial score (nSPS) is 23.3. The lowest BCUT2D eigenvalue weighted by Gasteiger charge is -2.37. The molecule has 1 aliphatic carbocycles. The number of ether oxygens (including phenoxy) is 2. The molecule has 0 radical (unpaired) electrons. The molecule has 2 aliphatic heterocycles. The minimum atomic E-state index is -0.932. The van der Waals surface area contributed by atoms with E-state index in [4.69, 9.17) is 14.5 Å². The van der Waals surface area contributed by atoms with Gasteiger partial charge < -0.3 is 24.6 Å². The van der Waals surface area contributed by atoms with Gasteiger partial charge in [0.15, 0.2) is 0 Å². The van der Waals surface area contributed by atoms with E-state index in [1.165, 1.54) is 6.42 Å². The first-order valence-electron chi connectivity index (χ1n) is 14.6. The van der Waals surface area contributed by atoms with E-state index in [0.717, 1.165) is 45.2 Å². The number of hydrogen-bond acceptors (Lipinski definition) is 8. The SMILES string of the molecule is CCOC(=O)N/C(=N\C(CC1CCCCC1)C(=O)NC1(C#N)CCN(C)CC1)N1CCCC(C(=O)OCC)C1. The van der Waals surface area contributed by atoms with Crippen molar-refractivity contribution >= 4 is 23.9 Å². The predicted molar refractivity (Wildman–Crippen MR) is 147 cm³/mol. The Bertz CT molecular complexity index is 905. The number of rotatable bonds is 8. The van der Waals surface area contributed by atoms with Crippen LogP contribution in [0.3, 0.4) is 0 Å². The second-order valence-corrected chi connectivity index (χ2v) is 11.1. The Morgan fingerprint density at radius 1 is 1.03 bits per heavy atom. The zero-order valence-electron chi connectivity index (χ0n) is 23.9. The van der Waals surface area contributed by atoms with Crippen molar-refractivity contribution in [3.05, 3.63) is 0 Å². The van der Waals surface area contributed by atoms with Gasteiger partial charge in [0.25, 0.3) is 0 Å². The highest BCUT2D eigenvalue weighted by Crippen LogP contribution is 2.29. The number of nitrogens with one attached hydrogen (secondary N) is 2. The van der Waals surface area contributed by atoms with Gasteiger partial charge in [-0.25, -0.2) is 9.79 Å². The van der Waals surface area contributed by atoms with Crippen LogP contribution in [0, 0.1) is 23.2 Å². The summed E-state index contributed by atoms with van der Waals surface area (Å²) in [5.41, 5.74) is -0.932. The molecule has 2 saturated heterocycles. The number of guanidine groups is 1. The molecule has 3 fully saturated rings. The highest BCUT2D eigenvalue weighted by atomic mass is 16.5. The first kappa shape index (κ1) is 30.7. The van der Waals surface area contributed by atoms with Gasteiger partial charge in [-0.15, -0.1) is 0 Å². The Labute approximate surface area is 232 Å². The molecular formula is C28H46N6O5. The number of amides is 2. The largest absolute Gasteiger partial charge is 0.466 e. The van der Waals surface area contributed by atoms with Gasteiger partial charge in [-0.05, 0) is 58.9 Å². The molecule has 0 aromatic heterocycles. The highest BCUT2D eigenvalue weighted by molar-refractivity contribution is 5.96. The van der Waals surface area contributed by atoms with Crippen molar-refractivity contribution in [1.82, 2.24) is 20.4 Å². The van der Waals surface area contributed by atoms with E-state index in [0.29, 0.717) is 51.3 Å². The molecule has 2 heterocycles. The summed E-state index contributed by atoms with van der Waals surface area (Å²) in [6.07, 6.45) is 7.89. The standard InChI is InChI=1S/C28H46N6O5/c1-4-38-25(36)22-12-9-15-34(19-22)26(31-27(37)39-5-2)30-23(18-21-10-7-6-8-11-21)24(35)32-28(20-29)13-16-33(3)17-14-28/h21-23H,4-19H2,1-3H3,(H,32,35)(H,30,31,37). The maximum absolute atomic E-state index is 13.8. The Balaban J connectivity index is 1.89. The fourth-order valence-electron chi connectivity index (χ4n) is 5.76. The van der Waals surface area contributed by atoms with Gasteiger partial charge in [0.1, 0.15) is 11.6 Å². The van der Waals surface area contributed by atoms with Gasteiger partial charge in [0.2, 0.25) is 11.9 Å². The minimum absolute atomic E-state index is 0.190. The van der Waals surface area contributed by atoms with Gasteiger partial charge >= 0.3 is 12.1 Å². The number of aliphatic imine (C=N–C) groups is 1. The summed E-state index contributed by atoms with van der Waals surface area (Å²) in [5, 5.41) is 15.8. The van der Waals surface area contributed by atoms with Gasteiger partial charge in [-0.2, -0.15) is 5.26 Å². The van der Waals surface area contributed by atoms with Gasteiger partial charge in [0, 0.05) is 26.2 Å². The fraction of sp³-hybridized carbons (Fsp3) is 0.821. The van der Waals surface area contributed by atoms with E-state index < -0.39 is 17.7 Å². The van der Waals surface area contributed by atoms with Gasteiger partial charge in [-0.3, -0.25) is 14.9 Å². The molecular weight excluding hydrogens is 500 g/mol. The Hall–Kier alpha value is -2.87. The van der Waals surface area contributed by atoms with Crippen LogP contribution in [-0.2, 0) is 19.1 Å². The van der Waals surface area contributed by atoms with E-state index in [9.17, 15) is 19.6 Å². The smallest absolute Gasteiger partial charge is 0.413 e. The molecule has 2 amide bonds. The van der Waals surface area contributed by atoms with E-state index in [-0.39, 0.29) is 30.4 Å². The lowest BCUT2D eigenvalue weighted by Crippen LogP contribution is -2.56. The van der Waals surface area contributed by atoms with Crippen molar-refractivity contribution in [2.45, 2.75) is 89.6 Å². The minimum Gasteiger partial charge on any atom is -0.466 e. The van der Waals surface area contributed by atoms with Crippen molar-refractivity contribution in [3.63, 3.8) is 0 Å². The van der Waals surface area contributed by atoms with Gasteiger partial charge in [-0.1, -0.05) is 32.1 Å². The topological polar surface area (TPSA) is 136 Å². The van der Waals surface area contributed by atoms with Crippen LogP contribution in [-0.4, -0.2) is 91.8 Å². The molecule has 0 aromatic carbocycles. The Kier molecular flexibility index (Phi) is 11.8. The molecule has 3 rings (SSSR count). The zero-order chi connectivity index (χ0) is 28.3. The Morgan fingerprint density at radius 3 is 2.36 bits per heavy atom. The van der Waals surface area contributed by atoms with Crippen LogP contribution in [0.5, 0.6) is 0 Å². The maximum atomic E-state index is 13.8. The third kappa shape index (κ3) is 9.09. The lowest BCUT2D eigenvalue weighted by molar-refractivity contribution is -0.149. The quantitative estimate of drug-likeness (QED) is 0.269. The Morgan fingerprint density at radius 2 is 1.72 bits per heavy atom. The summed E-state index contributed by atoms with van der Waals surface area (Å²) in [5.74, 6) is -0.347. The van der Waals surface area contributed by atoms with Crippen LogP contribution < -0.4 is 10.6 Å². The average Bonchev–Trinajstić information content (AvgIpc) is 2.94. The summed E-state index contributed by atoms with van der Waals surface area (Å²) >= 11 is 0. The van der Waals surface area contributed by atoms with Crippen LogP contribution in [0.2, 0.25) is 0 Å². The first-order chi connectivity index (χ1) is 18.8. The van der Waals surface area contributed by atoms with E-state index in [2.05, 4.69) is 21.6 Å². The second kappa shape index (κ2) is 15.1.